The predicted octanol–water partition coefficient (Wildman–Crippen LogP) is 5.86. The minimum atomic E-state index is -0.367. The minimum absolute atomic E-state index is 0.367. The maximum atomic E-state index is 13.1. The number of benzene rings is 3. The van der Waals surface area contributed by atoms with Crippen LogP contribution in [0.5, 0.6) is 11.5 Å². The zero-order valence-electron chi connectivity index (χ0n) is 19.3. The lowest BCUT2D eigenvalue weighted by Crippen LogP contribution is -2.27. The number of ether oxygens (including phenoxy) is 2. The molecule has 33 heavy (non-hydrogen) atoms. The van der Waals surface area contributed by atoms with E-state index in [9.17, 15) is 4.79 Å². The first kappa shape index (κ1) is 22.6. The molecule has 0 unspecified atom stereocenters. The van der Waals surface area contributed by atoms with Crippen molar-refractivity contribution < 1.29 is 13.9 Å². The first-order chi connectivity index (χ1) is 16.1. The van der Waals surface area contributed by atoms with Crippen molar-refractivity contribution in [1.82, 2.24) is 4.90 Å². The molecule has 0 aliphatic carbocycles. The average Bonchev–Trinajstić information content (AvgIpc) is 2.86. The van der Waals surface area contributed by atoms with Gasteiger partial charge in [0, 0.05) is 17.5 Å². The summed E-state index contributed by atoms with van der Waals surface area (Å²) in [5, 5.41) is 0.887. The third kappa shape index (κ3) is 4.94. The van der Waals surface area contributed by atoms with Crippen molar-refractivity contribution in [2.75, 3.05) is 33.4 Å². The van der Waals surface area contributed by atoms with Gasteiger partial charge < -0.3 is 18.8 Å². The van der Waals surface area contributed by atoms with Gasteiger partial charge in [-0.15, -0.1) is 0 Å². The highest BCUT2D eigenvalue weighted by molar-refractivity contribution is 6.01. The fraction of sp³-hybridized carbons (Fsp3) is 0.250. The van der Waals surface area contributed by atoms with Gasteiger partial charge in [-0.1, -0.05) is 56.3 Å². The van der Waals surface area contributed by atoms with E-state index in [4.69, 9.17) is 13.9 Å². The topological polar surface area (TPSA) is 51.9 Å². The van der Waals surface area contributed by atoms with E-state index in [0.29, 0.717) is 17.8 Å². The lowest BCUT2D eigenvalue weighted by atomic mass is 9.93. The number of para-hydroxylation sites is 1. The van der Waals surface area contributed by atoms with E-state index in [1.54, 1.807) is 7.11 Å². The number of methoxy groups -OCH3 is 1. The number of fused-ring (bicyclic) bond motifs is 1. The van der Waals surface area contributed by atoms with Crippen LogP contribution >= 0.6 is 0 Å². The van der Waals surface area contributed by atoms with E-state index < -0.39 is 0 Å². The Morgan fingerprint density at radius 2 is 1.39 bits per heavy atom. The fourth-order valence-corrected chi connectivity index (χ4v) is 4.02. The van der Waals surface area contributed by atoms with E-state index in [-0.39, 0.29) is 5.63 Å². The molecule has 3 aromatic carbocycles. The SMILES string of the molecule is CCN(CC)CCOc1ccc(-c2c(-c3ccc(OC)cc3)c(=O)oc3ccccc23)cc1. The molecule has 1 heterocycles. The highest BCUT2D eigenvalue weighted by atomic mass is 16.5. The molecule has 0 N–H and O–H groups in total. The van der Waals surface area contributed by atoms with E-state index >= 15 is 0 Å². The molecule has 0 saturated carbocycles. The van der Waals surface area contributed by atoms with Gasteiger partial charge in [0.05, 0.1) is 12.7 Å². The Morgan fingerprint density at radius 3 is 2.03 bits per heavy atom. The van der Waals surface area contributed by atoms with Crippen molar-refractivity contribution in [3.63, 3.8) is 0 Å². The summed E-state index contributed by atoms with van der Waals surface area (Å²) in [5.41, 5.74) is 3.29. The molecule has 1 aromatic heterocycles. The van der Waals surface area contributed by atoms with Crippen molar-refractivity contribution in [3.05, 3.63) is 83.2 Å². The number of hydrogen-bond donors (Lipinski definition) is 0. The van der Waals surface area contributed by atoms with Crippen LogP contribution in [0.2, 0.25) is 0 Å². The van der Waals surface area contributed by atoms with Gasteiger partial charge in [-0.3, -0.25) is 0 Å². The van der Waals surface area contributed by atoms with E-state index in [1.807, 2.05) is 72.8 Å². The Kier molecular flexibility index (Phi) is 7.10. The molecule has 170 valence electrons. The summed E-state index contributed by atoms with van der Waals surface area (Å²) < 4.78 is 16.9. The number of likely N-dealkylation sites (N-methyl/N-ethyl adjacent to an activating group) is 1. The Bertz CT molecular complexity index is 1260. The second-order valence-electron chi connectivity index (χ2n) is 7.76. The molecule has 0 bridgehead atoms. The average molecular weight is 444 g/mol. The normalized spacial score (nSPS) is 11.2. The van der Waals surface area contributed by atoms with Crippen LogP contribution in [0, 0.1) is 0 Å². The molecular weight excluding hydrogens is 414 g/mol. The standard InChI is InChI=1S/C28H29NO4/c1-4-29(5-2)18-19-32-23-16-12-20(13-17-23)26-24-8-6-7-9-25(24)33-28(30)27(26)21-10-14-22(31-3)15-11-21/h6-17H,4-5,18-19H2,1-3H3. The van der Waals surface area contributed by atoms with Gasteiger partial charge in [-0.2, -0.15) is 0 Å². The molecular formula is C28H29NO4. The van der Waals surface area contributed by atoms with Crippen LogP contribution in [0.25, 0.3) is 33.2 Å². The number of nitrogens with zero attached hydrogens (tertiary/aromatic N) is 1. The van der Waals surface area contributed by atoms with Gasteiger partial charge in [0.15, 0.2) is 0 Å². The van der Waals surface area contributed by atoms with Gasteiger partial charge in [0.1, 0.15) is 23.7 Å². The molecule has 4 aromatic rings. The third-order valence-electron chi connectivity index (χ3n) is 5.91. The molecule has 0 atom stereocenters. The maximum absolute atomic E-state index is 13.1. The molecule has 5 heteroatoms. The second kappa shape index (κ2) is 10.4. The van der Waals surface area contributed by atoms with Crippen molar-refractivity contribution in [1.29, 1.82) is 0 Å². The molecule has 0 saturated heterocycles. The molecule has 0 aliphatic heterocycles. The van der Waals surface area contributed by atoms with Gasteiger partial charge in [-0.05, 0) is 54.5 Å². The third-order valence-corrected chi connectivity index (χ3v) is 5.91. The zero-order valence-corrected chi connectivity index (χ0v) is 19.3. The van der Waals surface area contributed by atoms with Crippen molar-refractivity contribution in [2.24, 2.45) is 0 Å². The second-order valence-corrected chi connectivity index (χ2v) is 7.76. The largest absolute Gasteiger partial charge is 0.497 e. The highest BCUT2D eigenvalue weighted by Gasteiger charge is 2.18. The van der Waals surface area contributed by atoms with Crippen LogP contribution in [-0.4, -0.2) is 38.3 Å². The molecule has 0 spiro atoms. The van der Waals surface area contributed by atoms with Gasteiger partial charge in [-0.25, -0.2) is 4.79 Å². The van der Waals surface area contributed by atoms with E-state index in [2.05, 4.69) is 18.7 Å². The van der Waals surface area contributed by atoms with Crippen molar-refractivity contribution in [2.45, 2.75) is 13.8 Å². The van der Waals surface area contributed by atoms with Crippen LogP contribution in [0.1, 0.15) is 13.8 Å². The summed E-state index contributed by atoms with van der Waals surface area (Å²) in [5.74, 6) is 1.54. The Morgan fingerprint density at radius 1 is 0.788 bits per heavy atom. The molecule has 4 rings (SSSR count). The molecule has 0 aliphatic rings. The van der Waals surface area contributed by atoms with E-state index in [1.165, 1.54) is 0 Å². The summed E-state index contributed by atoms with van der Waals surface area (Å²) >= 11 is 0. The zero-order chi connectivity index (χ0) is 23.2. The fourth-order valence-electron chi connectivity index (χ4n) is 4.02. The summed E-state index contributed by atoms with van der Waals surface area (Å²) in [6, 6.07) is 23.0. The monoisotopic (exact) mass is 443 g/mol. The van der Waals surface area contributed by atoms with Crippen LogP contribution in [0.15, 0.2) is 82.0 Å². The van der Waals surface area contributed by atoms with Gasteiger partial charge in [0.25, 0.3) is 0 Å². The smallest absolute Gasteiger partial charge is 0.344 e. The minimum Gasteiger partial charge on any atom is -0.497 e. The Labute approximate surface area is 194 Å². The van der Waals surface area contributed by atoms with Crippen molar-refractivity contribution in [3.8, 4) is 33.8 Å². The van der Waals surface area contributed by atoms with E-state index in [0.717, 1.165) is 53.2 Å². The number of hydrogen-bond acceptors (Lipinski definition) is 5. The van der Waals surface area contributed by atoms with Crippen LogP contribution < -0.4 is 15.1 Å². The quantitative estimate of drug-likeness (QED) is 0.304. The Hall–Kier alpha value is -3.57. The molecule has 5 nitrogen and oxygen atoms in total. The lowest BCUT2D eigenvalue weighted by Gasteiger charge is -2.18. The first-order valence-electron chi connectivity index (χ1n) is 11.3. The summed E-state index contributed by atoms with van der Waals surface area (Å²) in [6.07, 6.45) is 0. The highest BCUT2D eigenvalue weighted by Crippen LogP contribution is 2.37. The first-order valence-corrected chi connectivity index (χ1v) is 11.3. The molecule has 0 radical (unpaired) electrons. The summed E-state index contributed by atoms with van der Waals surface area (Å²) in [7, 11) is 1.62. The predicted molar refractivity (Wildman–Crippen MR) is 133 cm³/mol. The van der Waals surface area contributed by atoms with Crippen molar-refractivity contribution >= 4 is 11.0 Å². The summed E-state index contributed by atoms with van der Waals surface area (Å²) in [4.78, 5) is 15.4. The van der Waals surface area contributed by atoms with Gasteiger partial charge >= 0.3 is 5.63 Å². The molecule has 0 amide bonds. The van der Waals surface area contributed by atoms with Crippen LogP contribution in [-0.2, 0) is 0 Å². The summed E-state index contributed by atoms with van der Waals surface area (Å²) in [6.45, 7) is 7.85. The Balaban J connectivity index is 1.73. The van der Waals surface area contributed by atoms with Crippen LogP contribution in [0.4, 0.5) is 0 Å². The lowest BCUT2D eigenvalue weighted by molar-refractivity contribution is 0.223. The maximum Gasteiger partial charge on any atom is 0.344 e. The molecule has 0 fully saturated rings. The van der Waals surface area contributed by atoms with Crippen LogP contribution in [0.3, 0.4) is 0 Å². The van der Waals surface area contributed by atoms with Gasteiger partial charge in [0.2, 0.25) is 0 Å². The number of rotatable bonds is 9.